The van der Waals surface area contributed by atoms with Crippen molar-refractivity contribution in [3.05, 3.63) is 57.6 Å². The first-order valence-corrected chi connectivity index (χ1v) is 5.82. The quantitative estimate of drug-likeness (QED) is 0.640. The highest BCUT2D eigenvalue weighted by Crippen LogP contribution is 2.29. The predicted octanol–water partition coefficient (Wildman–Crippen LogP) is 3.82. The number of rotatable bonds is 1. The van der Waals surface area contributed by atoms with Crippen molar-refractivity contribution in [1.29, 1.82) is 0 Å². The van der Waals surface area contributed by atoms with Crippen molar-refractivity contribution in [1.82, 2.24) is 0 Å². The van der Waals surface area contributed by atoms with Crippen LogP contribution in [0.5, 0.6) is 0 Å². The Morgan fingerprint density at radius 3 is 2.59 bits per heavy atom. The summed E-state index contributed by atoms with van der Waals surface area (Å²) in [4.78, 5) is 11.5. The molecular weight excluding hydrogens is 284 g/mol. The lowest BCUT2D eigenvalue weighted by Crippen LogP contribution is -1.97. The summed E-state index contributed by atoms with van der Waals surface area (Å²) in [5, 5.41) is 0.856. The lowest BCUT2D eigenvalue weighted by atomic mass is 10.1. The van der Waals surface area contributed by atoms with Crippen molar-refractivity contribution in [2.24, 2.45) is 0 Å². The molecule has 1 aromatic carbocycles. The van der Waals surface area contributed by atoms with E-state index in [-0.39, 0.29) is 5.63 Å². The van der Waals surface area contributed by atoms with Crippen molar-refractivity contribution in [3.8, 4) is 11.3 Å². The Morgan fingerprint density at radius 1 is 1.00 bits per heavy atom. The number of para-hydroxylation sites is 1. The van der Waals surface area contributed by atoms with Gasteiger partial charge in [-0.15, -0.1) is 0 Å². The summed E-state index contributed by atoms with van der Waals surface area (Å²) in [6, 6.07) is 12.4. The maximum absolute atomic E-state index is 11.5. The third-order valence-electron chi connectivity index (χ3n) is 2.49. The molecule has 3 aromatic rings. The highest BCUT2D eigenvalue weighted by Gasteiger charge is 2.10. The van der Waals surface area contributed by atoms with E-state index in [2.05, 4.69) is 15.9 Å². The van der Waals surface area contributed by atoms with E-state index in [1.165, 1.54) is 6.07 Å². The number of hydrogen-bond acceptors (Lipinski definition) is 3. The average Bonchev–Trinajstić information content (AvgIpc) is 2.74. The molecule has 0 fully saturated rings. The second kappa shape index (κ2) is 3.89. The average molecular weight is 291 g/mol. The van der Waals surface area contributed by atoms with Crippen LogP contribution in [0.2, 0.25) is 0 Å². The Hall–Kier alpha value is -1.81. The minimum atomic E-state index is -0.383. The van der Waals surface area contributed by atoms with E-state index in [1.807, 2.05) is 24.3 Å². The molecule has 3 rings (SSSR count). The van der Waals surface area contributed by atoms with E-state index >= 15 is 0 Å². The number of furan rings is 1. The van der Waals surface area contributed by atoms with Gasteiger partial charge in [0.1, 0.15) is 11.3 Å². The lowest BCUT2D eigenvalue weighted by Gasteiger charge is -2.01. The summed E-state index contributed by atoms with van der Waals surface area (Å²) in [5.74, 6) is 0.640. The van der Waals surface area contributed by atoms with Crippen LogP contribution in [-0.4, -0.2) is 0 Å². The number of halogens is 1. The fraction of sp³-hybridized carbons (Fsp3) is 0. The molecule has 17 heavy (non-hydrogen) atoms. The summed E-state index contributed by atoms with van der Waals surface area (Å²) in [6.07, 6.45) is 0. The second-order valence-corrected chi connectivity index (χ2v) is 4.36. The molecule has 0 aliphatic rings. The molecule has 0 spiro atoms. The second-order valence-electron chi connectivity index (χ2n) is 3.58. The van der Waals surface area contributed by atoms with Gasteiger partial charge in [0.15, 0.2) is 4.67 Å². The Kier molecular flexibility index (Phi) is 2.37. The van der Waals surface area contributed by atoms with Crippen LogP contribution in [-0.2, 0) is 0 Å². The Balaban J connectivity index is 2.39. The summed E-state index contributed by atoms with van der Waals surface area (Å²) < 4.78 is 11.2. The highest BCUT2D eigenvalue weighted by atomic mass is 79.9. The molecule has 0 radical (unpaired) electrons. The van der Waals surface area contributed by atoms with Crippen molar-refractivity contribution >= 4 is 26.9 Å². The minimum absolute atomic E-state index is 0.383. The topological polar surface area (TPSA) is 43.4 Å². The fourth-order valence-electron chi connectivity index (χ4n) is 1.77. The zero-order valence-corrected chi connectivity index (χ0v) is 10.2. The van der Waals surface area contributed by atoms with Crippen molar-refractivity contribution in [2.75, 3.05) is 0 Å². The van der Waals surface area contributed by atoms with Crippen LogP contribution < -0.4 is 5.63 Å². The summed E-state index contributed by atoms with van der Waals surface area (Å²) in [6.45, 7) is 0. The first-order valence-electron chi connectivity index (χ1n) is 5.02. The molecule has 0 bridgehead atoms. The van der Waals surface area contributed by atoms with E-state index < -0.39 is 0 Å². The molecule has 2 aromatic heterocycles. The van der Waals surface area contributed by atoms with E-state index in [4.69, 9.17) is 8.83 Å². The van der Waals surface area contributed by atoms with Gasteiger partial charge in [-0.05, 0) is 34.1 Å². The zero-order chi connectivity index (χ0) is 11.8. The van der Waals surface area contributed by atoms with Crippen LogP contribution >= 0.6 is 15.9 Å². The fourth-order valence-corrected chi connectivity index (χ4v) is 2.08. The standard InChI is InChI=1S/C13H7BrO3/c14-12-6-5-11(16-12)9-7-13(15)17-10-4-2-1-3-8(9)10/h1-7H. The van der Waals surface area contributed by atoms with Gasteiger partial charge in [0.05, 0.1) is 0 Å². The van der Waals surface area contributed by atoms with E-state index in [0.29, 0.717) is 16.0 Å². The maximum atomic E-state index is 11.5. The van der Waals surface area contributed by atoms with Crippen LogP contribution in [0.4, 0.5) is 0 Å². The third-order valence-corrected chi connectivity index (χ3v) is 2.91. The van der Waals surface area contributed by atoms with Gasteiger partial charge in [0.25, 0.3) is 0 Å². The molecule has 84 valence electrons. The van der Waals surface area contributed by atoms with Gasteiger partial charge in [-0.2, -0.15) is 0 Å². The van der Waals surface area contributed by atoms with Crippen molar-refractivity contribution in [3.63, 3.8) is 0 Å². The van der Waals surface area contributed by atoms with Gasteiger partial charge < -0.3 is 8.83 Å². The molecule has 0 amide bonds. The first-order chi connectivity index (χ1) is 8.24. The smallest absolute Gasteiger partial charge is 0.336 e. The van der Waals surface area contributed by atoms with Crippen LogP contribution in [0, 0.1) is 0 Å². The van der Waals surface area contributed by atoms with Crippen LogP contribution in [0.15, 0.2) is 60.8 Å². The third kappa shape index (κ3) is 1.80. The summed E-state index contributed by atoms with van der Waals surface area (Å²) >= 11 is 3.24. The maximum Gasteiger partial charge on any atom is 0.336 e. The molecule has 0 unspecified atom stereocenters. The molecule has 3 nitrogen and oxygen atoms in total. The Morgan fingerprint density at radius 2 is 1.82 bits per heavy atom. The molecule has 0 saturated carbocycles. The zero-order valence-electron chi connectivity index (χ0n) is 8.64. The van der Waals surface area contributed by atoms with Gasteiger partial charge in [-0.1, -0.05) is 18.2 Å². The first kappa shape index (κ1) is 10.4. The largest absolute Gasteiger partial charge is 0.449 e. The van der Waals surface area contributed by atoms with Gasteiger partial charge in [0, 0.05) is 17.0 Å². The molecule has 2 heterocycles. The highest BCUT2D eigenvalue weighted by molar-refractivity contribution is 9.10. The Bertz CT molecular complexity index is 740. The molecule has 0 aliphatic carbocycles. The monoisotopic (exact) mass is 290 g/mol. The molecule has 0 N–H and O–H groups in total. The molecular formula is C13H7BrO3. The van der Waals surface area contributed by atoms with Crippen molar-refractivity contribution < 1.29 is 8.83 Å². The van der Waals surface area contributed by atoms with Crippen LogP contribution in [0.1, 0.15) is 0 Å². The van der Waals surface area contributed by atoms with E-state index in [1.54, 1.807) is 12.1 Å². The lowest BCUT2D eigenvalue weighted by molar-refractivity contribution is 0.547. The Labute approximate surface area is 105 Å². The van der Waals surface area contributed by atoms with Crippen LogP contribution in [0.3, 0.4) is 0 Å². The molecule has 0 aliphatic heterocycles. The summed E-state index contributed by atoms with van der Waals surface area (Å²) in [7, 11) is 0. The number of benzene rings is 1. The molecule has 0 atom stereocenters. The van der Waals surface area contributed by atoms with Crippen molar-refractivity contribution in [2.45, 2.75) is 0 Å². The van der Waals surface area contributed by atoms with E-state index in [0.717, 1.165) is 10.9 Å². The molecule has 0 saturated heterocycles. The van der Waals surface area contributed by atoms with Crippen LogP contribution in [0.25, 0.3) is 22.3 Å². The minimum Gasteiger partial charge on any atom is -0.449 e. The van der Waals surface area contributed by atoms with E-state index in [9.17, 15) is 4.79 Å². The number of hydrogen-bond donors (Lipinski definition) is 0. The normalized spacial score (nSPS) is 10.9. The van der Waals surface area contributed by atoms with Gasteiger partial charge in [0.2, 0.25) is 0 Å². The summed E-state index contributed by atoms with van der Waals surface area (Å²) in [5.41, 5.74) is 0.913. The molecule has 4 heteroatoms. The van der Waals surface area contributed by atoms with Gasteiger partial charge >= 0.3 is 5.63 Å². The predicted molar refractivity (Wildman–Crippen MR) is 67.9 cm³/mol. The van der Waals surface area contributed by atoms with Gasteiger partial charge in [-0.25, -0.2) is 4.79 Å². The SMILES string of the molecule is O=c1cc(-c2ccc(Br)o2)c2ccccc2o1. The van der Waals surface area contributed by atoms with Gasteiger partial charge in [-0.3, -0.25) is 0 Å². The number of fused-ring (bicyclic) bond motifs is 1.